The first-order valence-corrected chi connectivity index (χ1v) is 6.83. The van der Waals surface area contributed by atoms with E-state index in [0.29, 0.717) is 6.54 Å². The lowest BCUT2D eigenvalue weighted by molar-refractivity contribution is 0.474. The molecule has 3 aromatic rings. The van der Waals surface area contributed by atoms with Gasteiger partial charge in [0.15, 0.2) is 0 Å². The van der Waals surface area contributed by atoms with Crippen molar-refractivity contribution >= 4 is 5.69 Å². The lowest BCUT2D eigenvalue weighted by atomic mass is 10.1. The third-order valence-electron chi connectivity index (χ3n) is 3.25. The molecule has 0 radical (unpaired) electrons. The largest absolute Gasteiger partial charge is 0.508 e. The van der Waals surface area contributed by atoms with Gasteiger partial charge in [-0.1, -0.05) is 42.5 Å². The number of aromatic nitrogens is 1. The Hall–Kier alpha value is -2.81. The van der Waals surface area contributed by atoms with Crippen LogP contribution in [0.4, 0.5) is 5.69 Å². The van der Waals surface area contributed by atoms with Gasteiger partial charge in [-0.25, -0.2) is 0 Å². The number of nitrogens with one attached hydrogen (secondary N) is 1. The highest BCUT2D eigenvalue weighted by molar-refractivity contribution is 5.66. The summed E-state index contributed by atoms with van der Waals surface area (Å²) in [5.74, 6) is 0.283. The van der Waals surface area contributed by atoms with E-state index in [1.54, 1.807) is 18.3 Å². The van der Waals surface area contributed by atoms with E-state index >= 15 is 0 Å². The Balaban J connectivity index is 1.75. The van der Waals surface area contributed by atoms with Crippen molar-refractivity contribution in [2.24, 2.45) is 0 Å². The third-order valence-corrected chi connectivity index (χ3v) is 3.25. The summed E-state index contributed by atoms with van der Waals surface area (Å²) in [6.45, 7) is 0.647. The van der Waals surface area contributed by atoms with E-state index in [0.717, 1.165) is 22.4 Å². The van der Waals surface area contributed by atoms with Crippen LogP contribution in [0.1, 0.15) is 5.56 Å². The molecule has 0 aliphatic heterocycles. The zero-order valence-corrected chi connectivity index (χ0v) is 11.5. The van der Waals surface area contributed by atoms with Gasteiger partial charge in [-0.15, -0.1) is 0 Å². The molecule has 1 heterocycles. The Kier molecular flexibility index (Phi) is 3.83. The van der Waals surface area contributed by atoms with Crippen molar-refractivity contribution in [3.8, 4) is 16.9 Å². The summed E-state index contributed by atoms with van der Waals surface area (Å²) in [5, 5.41) is 12.8. The summed E-state index contributed by atoms with van der Waals surface area (Å²) in [5.41, 5.74) is 4.21. The first kappa shape index (κ1) is 13.2. The van der Waals surface area contributed by atoms with Crippen molar-refractivity contribution in [3.05, 3.63) is 78.6 Å². The molecule has 0 aliphatic carbocycles. The van der Waals surface area contributed by atoms with Crippen LogP contribution in [0.25, 0.3) is 11.1 Å². The van der Waals surface area contributed by atoms with E-state index in [-0.39, 0.29) is 5.75 Å². The van der Waals surface area contributed by atoms with Crippen LogP contribution in [0.2, 0.25) is 0 Å². The highest BCUT2D eigenvalue weighted by Gasteiger charge is 2.00. The van der Waals surface area contributed by atoms with Crippen LogP contribution in [-0.2, 0) is 6.54 Å². The van der Waals surface area contributed by atoms with Gasteiger partial charge >= 0.3 is 0 Å². The second kappa shape index (κ2) is 6.09. The molecule has 3 heteroatoms. The maximum atomic E-state index is 9.46. The molecule has 0 unspecified atom stereocenters. The quantitative estimate of drug-likeness (QED) is 0.755. The molecule has 1 aromatic heterocycles. The van der Waals surface area contributed by atoms with E-state index in [4.69, 9.17) is 0 Å². The van der Waals surface area contributed by atoms with E-state index < -0.39 is 0 Å². The van der Waals surface area contributed by atoms with Gasteiger partial charge < -0.3 is 10.4 Å². The number of nitrogens with zero attached hydrogens (tertiary/aromatic N) is 1. The molecular weight excluding hydrogens is 260 g/mol. The molecule has 104 valence electrons. The van der Waals surface area contributed by atoms with Crippen LogP contribution >= 0.6 is 0 Å². The van der Waals surface area contributed by atoms with Gasteiger partial charge in [0.1, 0.15) is 5.75 Å². The average Bonchev–Trinajstić information content (AvgIpc) is 2.54. The van der Waals surface area contributed by atoms with Gasteiger partial charge in [-0.3, -0.25) is 4.98 Å². The predicted octanol–water partition coefficient (Wildman–Crippen LogP) is 4.07. The van der Waals surface area contributed by atoms with E-state index in [1.165, 1.54) is 0 Å². The van der Waals surface area contributed by atoms with Crippen molar-refractivity contribution in [1.82, 2.24) is 4.98 Å². The maximum absolute atomic E-state index is 9.46. The van der Waals surface area contributed by atoms with Gasteiger partial charge in [-0.2, -0.15) is 0 Å². The average molecular weight is 276 g/mol. The minimum absolute atomic E-state index is 0.283. The summed E-state index contributed by atoms with van der Waals surface area (Å²) in [4.78, 5) is 4.28. The molecule has 3 nitrogen and oxygen atoms in total. The number of hydrogen-bond donors (Lipinski definition) is 2. The van der Waals surface area contributed by atoms with E-state index in [1.807, 2.05) is 36.5 Å². The predicted molar refractivity (Wildman–Crippen MR) is 85.1 cm³/mol. The Labute approximate surface area is 123 Å². The lowest BCUT2D eigenvalue weighted by Crippen LogP contribution is -1.99. The standard InChI is InChI=1S/C18H16N2O/c21-18-8-4-5-14(9-18)11-20-17-10-16(12-19-13-17)15-6-2-1-3-7-15/h1-10,12-13,20-21H,11H2. The molecule has 0 fully saturated rings. The van der Waals surface area contributed by atoms with Crippen molar-refractivity contribution in [1.29, 1.82) is 0 Å². The van der Waals surface area contributed by atoms with Crippen molar-refractivity contribution in [2.75, 3.05) is 5.32 Å². The second-order valence-electron chi connectivity index (χ2n) is 4.85. The van der Waals surface area contributed by atoms with Gasteiger partial charge in [0, 0.05) is 24.5 Å². The maximum Gasteiger partial charge on any atom is 0.115 e. The number of hydrogen-bond acceptors (Lipinski definition) is 3. The molecule has 0 atom stereocenters. The highest BCUT2D eigenvalue weighted by Crippen LogP contribution is 2.21. The lowest BCUT2D eigenvalue weighted by Gasteiger charge is -2.08. The minimum Gasteiger partial charge on any atom is -0.508 e. The molecule has 21 heavy (non-hydrogen) atoms. The normalized spacial score (nSPS) is 10.3. The Bertz CT molecular complexity index is 726. The fourth-order valence-corrected chi connectivity index (χ4v) is 2.20. The molecule has 0 saturated carbocycles. The first-order chi connectivity index (χ1) is 10.3. The van der Waals surface area contributed by atoms with Crippen molar-refractivity contribution < 1.29 is 5.11 Å². The fraction of sp³-hybridized carbons (Fsp3) is 0.0556. The van der Waals surface area contributed by atoms with Crippen LogP contribution < -0.4 is 5.32 Å². The number of phenols is 1. The SMILES string of the molecule is Oc1cccc(CNc2cncc(-c3ccccc3)c2)c1. The van der Waals surface area contributed by atoms with Gasteiger partial charge in [0.05, 0.1) is 5.69 Å². The molecule has 0 bridgehead atoms. The first-order valence-electron chi connectivity index (χ1n) is 6.83. The molecule has 0 amide bonds. The number of pyridine rings is 1. The Morgan fingerprint density at radius 1 is 0.857 bits per heavy atom. The second-order valence-corrected chi connectivity index (χ2v) is 4.85. The minimum atomic E-state index is 0.283. The smallest absolute Gasteiger partial charge is 0.115 e. The molecular formula is C18H16N2O. The molecule has 3 rings (SSSR count). The molecule has 0 saturated heterocycles. The number of rotatable bonds is 4. The van der Waals surface area contributed by atoms with Gasteiger partial charge in [-0.05, 0) is 29.3 Å². The van der Waals surface area contributed by atoms with Crippen molar-refractivity contribution in [3.63, 3.8) is 0 Å². The summed E-state index contributed by atoms with van der Waals surface area (Å²) in [7, 11) is 0. The number of aromatic hydroxyl groups is 1. The van der Waals surface area contributed by atoms with Gasteiger partial charge in [0.25, 0.3) is 0 Å². The van der Waals surface area contributed by atoms with Crippen LogP contribution in [0.15, 0.2) is 73.1 Å². The van der Waals surface area contributed by atoms with Crippen LogP contribution in [0.5, 0.6) is 5.75 Å². The van der Waals surface area contributed by atoms with Crippen molar-refractivity contribution in [2.45, 2.75) is 6.54 Å². The monoisotopic (exact) mass is 276 g/mol. The summed E-state index contributed by atoms with van der Waals surface area (Å²) >= 11 is 0. The Morgan fingerprint density at radius 3 is 2.52 bits per heavy atom. The zero-order valence-electron chi connectivity index (χ0n) is 11.5. The summed E-state index contributed by atoms with van der Waals surface area (Å²) in [6.07, 6.45) is 3.66. The van der Waals surface area contributed by atoms with Gasteiger partial charge in [0.2, 0.25) is 0 Å². The molecule has 0 spiro atoms. The zero-order chi connectivity index (χ0) is 14.5. The molecule has 2 N–H and O–H groups in total. The summed E-state index contributed by atoms with van der Waals surface area (Å²) < 4.78 is 0. The number of phenolic OH excluding ortho intramolecular Hbond substituents is 1. The number of benzene rings is 2. The molecule has 2 aromatic carbocycles. The van der Waals surface area contributed by atoms with E-state index in [9.17, 15) is 5.11 Å². The summed E-state index contributed by atoms with van der Waals surface area (Å²) in [6, 6.07) is 19.5. The third kappa shape index (κ3) is 3.39. The van der Waals surface area contributed by atoms with Crippen LogP contribution in [-0.4, -0.2) is 10.1 Å². The van der Waals surface area contributed by atoms with E-state index in [2.05, 4.69) is 28.5 Å². The van der Waals surface area contributed by atoms with Crippen LogP contribution in [0.3, 0.4) is 0 Å². The number of anilines is 1. The fourth-order valence-electron chi connectivity index (χ4n) is 2.20. The highest BCUT2D eigenvalue weighted by atomic mass is 16.3. The molecule has 0 aliphatic rings. The topological polar surface area (TPSA) is 45.1 Å². The Morgan fingerprint density at radius 2 is 1.71 bits per heavy atom. The van der Waals surface area contributed by atoms with Crippen LogP contribution in [0, 0.1) is 0 Å².